The maximum absolute atomic E-state index is 13.6. The molecule has 0 spiro atoms. The van der Waals surface area contributed by atoms with Crippen molar-refractivity contribution in [3.63, 3.8) is 0 Å². The third-order valence-electron chi connectivity index (χ3n) is 3.93. The zero-order chi connectivity index (χ0) is 12.3. The Labute approximate surface area is 101 Å². The molecule has 1 nitrogen and oxygen atoms in total. The number of rotatable bonds is 3. The summed E-state index contributed by atoms with van der Waals surface area (Å²) in [5.74, 6) is -0.958. The normalized spacial score (nSPS) is 19.2. The highest BCUT2D eigenvalue weighted by atomic mass is 19.1. The van der Waals surface area contributed by atoms with E-state index in [0.29, 0.717) is 18.5 Å². The van der Waals surface area contributed by atoms with Gasteiger partial charge in [0.25, 0.3) is 0 Å². The lowest BCUT2D eigenvalue weighted by Crippen LogP contribution is -2.35. The quantitative estimate of drug-likeness (QED) is 0.859. The summed E-state index contributed by atoms with van der Waals surface area (Å²) in [6.45, 7) is 0.587. The van der Waals surface area contributed by atoms with E-state index in [-0.39, 0.29) is 5.41 Å². The first kappa shape index (κ1) is 12.5. The Bertz CT molecular complexity index is 384. The average molecular weight is 239 g/mol. The Morgan fingerprint density at radius 1 is 1.12 bits per heavy atom. The van der Waals surface area contributed by atoms with Crippen LogP contribution in [0.2, 0.25) is 0 Å². The third kappa shape index (κ3) is 2.83. The Morgan fingerprint density at radius 2 is 1.82 bits per heavy atom. The SMILES string of the molecule is NCC1(Cc2ccc(F)cc2F)CCCCC1. The number of hydrogen-bond acceptors (Lipinski definition) is 1. The van der Waals surface area contributed by atoms with Crippen LogP contribution in [-0.4, -0.2) is 6.54 Å². The van der Waals surface area contributed by atoms with Gasteiger partial charge in [0, 0.05) is 6.07 Å². The molecular formula is C14H19F2N. The predicted octanol–water partition coefficient (Wildman–Crippen LogP) is 3.42. The molecule has 3 heteroatoms. The van der Waals surface area contributed by atoms with Crippen LogP contribution in [0.3, 0.4) is 0 Å². The van der Waals surface area contributed by atoms with Crippen molar-refractivity contribution >= 4 is 0 Å². The summed E-state index contributed by atoms with van der Waals surface area (Å²) >= 11 is 0. The lowest BCUT2D eigenvalue weighted by molar-refractivity contribution is 0.195. The summed E-state index contributed by atoms with van der Waals surface area (Å²) in [6, 6.07) is 3.84. The first-order chi connectivity index (χ1) is 8.15. The van der Waals surface area contributed by atoms with Crippen LogP contribution in [0.5, 0.6) is 0 Å². The molecule has 1 fully saturated rings. The van der Waals surface area contributed by atoms with E-state index in [9.17, 15) is 8.78 Å². The molecule has 0 heterocycles. The van der Waals surface area contributed by atoms with Crippen LogP contribution in [0.15, 0.2) is 18.2 Å². The second-order valence-corrected chi connectivity index (χ2v) is 5.18. The van der Waals surface area contributed by atoms with Crippen LogP contribution < -0.4 is 5.73 Å². The first-order valence-corrected chi connectivity index (χ1v) is 6.29. The van der Waals surface area contributed by atoms with Crippen molar-refractivity contribution in [2.24, 2.45) is 11.1 Å². The molecule has 1 aliphatic carbocycles. The van der Waals surface area contributed by atoms with Crippen LogP contribution in [0.4, 0.5) is 8.78 Å². The smallest absolute Gasteiger partial charge is 0.129 e. The molecule has 0 atom stereocenters. The standard InChI is InChI=1S/C14H19F2N/c15-12-5-4-11(13(16)8-12)9-14(10-17)6-2-1-3-7-14/h4-5,8H,1-3,6-7,9-10,17H2. The molecule has 0 amide bonds. The Hall–Kier alpha value is -0.960. The molecule has 0 aliphatic heterocycles. The molecule has 0 unspecified atom stereocenters. The van der Waals surface area contributed by atoms with Crippen LogP contribution in [0.1, 0.15) is 37.7 Å². The number of halogens is 2. The zero-order valence-electron chi connectivity index (χ0n) is 10.0. The van der Waals surface area contributed by atoms with E-state index in [2.05, 4.69) is 0 Å². The maximum Gasteiger partial charge on any atom is 0.129 e. The summed E-state index contributed by atoms with van der Waals surface area (Å²) in [7, 11) is 0. The highest BCUT2D eigenvalue weighted by Gasteiger charge is 2.31. The topological polar surface area (TPSA) is 26.0 Å². The van der Waals surface area contributed by atoms with Gasteiger partial charge in [0.1, 0.15) is 11.6 Å². The minimum absolute atomic E-state index is 0.0247. The molecular weight excluding hydrogens is 220 g/mol. The predicted molar refractivity (Wildman–Crippen MR) is 64.6 cm³/mol. The minimum Gasteiger partial charge on any atom is -0.330 e. The number of nitrogens with two attached hydrogens (primary N) is 1. The Morgan fingerprint density at radius 3 is 2.41 bits per heavy atom. The van der Waals surface area contributed by atoms with Gasteiger partial charge in [0.2, 0.25) is 0 Å². The lowest BCUT2D eigenvalue weighted by Gasteiger charge is -2.36. The van der Waals surface area contributed by atoms with E-state index >= 15 is 0 Å². The van der Waals surface area contributed by atoms with Crippen molar-refractivity contribution in [1.82, 2.24) is 0 Å². The number of benzene rings is 1. The molecule has 0 saturated heterocycles. The molecule has 1 aliphatic rings. The molecule has 2 rings (SSSR count). The van der Waals surface area contributed by atoms with Crippen molar-refractivity contribution < 1.29 is 8.78 Å². The number of hydrogen-bond donors (Lipinski definition) is 1. The highest BCUT2D eigenvalue weighted by Crippen LogP contribution is 2.38. The van der Waals surface area contributed by atoms with Crippen LogP contribution in [-0.2, 0) is 6.42 Å². The molecule has 0 bridgehead atoms. The van der Waals surface area contributed by atoms with Gasteiger partial charge in [0.05, 0.1) is 0 Å². The largest absolute Gasteiger partial charge is 0.330 e. The van der Waals surface area contributed by atoms with Gasteiger partial charge in [-0.3, -0.25) is 0 Å². The van der Waals surface area contributed by atoms with Gasteiger partial charge in [0.15, 0.2) is 0 Å². The van der Waals surface area contributed by atoms with E-state index in [4.69, 9.17) is 5.73 Å². The van der Waals surface area contributed by atoms with Gasteiger partial charge in [-0.05, 0) is 42.9 Å². The summed E-state index contributed by atoms with van der Waals surface area (Å²) in [5.41, 5.74) is 6.49. The van der Waals surface area contributed by atoms with Gasteiger partial charge in [-0.1, -0.05) is 25.3 Å². The van der Waals surface area contributed by atoms with Crippen LogP contribution >= 0.6 is 0 Å². The first-order valence-electron chi connectivity index (χ1n) is 6.29. The molecule has 17 heavy (non-hydrogen) atoms. The van der Waals surface area contributed by atoms with E-state index in [1.807, 2.05) is 0 Å². The van der Waals surface area contributed by atoms with Crippen molar-refractivity contribution in [3.05, 3.63) is 35.4 Å². The van der Waals surface area contributed by atoms with Gasteiger partial charge in [-0.2, -0.15) is 0 Å². The molecule has 0 radical (unpaired) electrons. The van der Waals surface area contributed by atoms with Crippen molar-refractivity contribution in [3.8, 4) is 0 Å². The van der Waals surface area contributed by atoms with Crippen LogP contribution in [0, 0.1) is 17.0 Å². The molecule has 1 aromatic rings. The molecule has 2 N–H and O–H groups in total. The average Bonchev–Trinajstić information content (AvgIpc) is 2.34. The van der Waals surface area contributed by atoms with Gasteiger partial charge < -0.3 is 5.73 Å². The fourth-order valence-corrected chi connectivity index (χ4v) is 2.82. The Balaban J connectivity index is 2.17. The molecule has 1 saturated carbocycles. The molecule has 1 aromatic carbocycles. The Kier molecular flexibility index (Phi) is 3.77. The van der Waals surface area contributed by atoms with Crippen molar-refractivity contribution in [2.75, 3.05) is 6.54 Å². The lowest BCUT2D eigenvalue weighted by atomic mass is 9.70. The van der Waals surface area contributed by atoms with E-state index in [0.717, 1.165) is 18.9 Å². The summed E-state index contributed by atoms with van der Waals surface area (Å²) in [4.78, 5) is 0. The van der Waals surface area contributed by atoms with Gasteiger partial charge in [-0.15, -0.1) is 0 Å². The minimum atomic E-state index is -0.517. The van der Waals surface area contributed by atoms with Crippen molar-refractivity contribution in [1.29, 1.82) is 0 Å². The van der Waals surface area contributed by atoms with Gasteiger partial charge in [-0.25, -0.2) is 8.78 Å². The molecule has 94 valence electrons. The summed E-state index contributed by atoms with van der Waals surface area (Å²) in [5, 5.41) is 0. The summed E-state index contributed by atoms with van der Waals surface area (Å²) in [6.07, 6.45) is 6.32. The van der Waals surface area contributed by atoms with E-state index in [1.54, 1.807) is 6.07 Å². The maximum atomic E-state index is 13.6. The van der Waals surface area contributed by atoms with Crippen molar-refractivity contribution in [2.45, 2.75) is 38.5 Å². The molecule has 0 aromatic heterocycles. The monoisotopic (exact) mass is 239 g/mol. The van der Waals surface area contributed by atoms with Crippen LogP contribution in [0.25, 0.3) is 0 Å². The second-order valence-electron chi connectivity index (χ2n) is 5.18. The fraction of sp³-hybridized carbons (Fsp3) is 0.571. The third-order valence-corrected chi connectivity index (χ3v) is 3.93. The van der Waals surface area contributed by atoms with Gasteiger partial charge >= 0.3 is 0 Å². The highest BCUT2D eigenvalue weighted by molar-refractivity contribution is 5.20. The zero-order valence-corrected chi connectivity index (χ0v) is 10.0. The second kappa shape index (κ2) is 5.13. The van der Waals surface area contributed by atoms with E-state index in [1.165, 1.54) is 25.3 Å². The summed E-state index contributed by atoms with van der Waals surface area (Å²) < 4.78 is 26.5. The van der Waals surface area contributed by atoms with E-state index < -0.39 is 11.6 Å². The fourth-order valence-electron chi connectivity index (χ4n) is 2.82.